The summed E-state index contributed by atoms with van der Waals surface area (Å²) < 4.78 is 28.3. The quantitative estimate of drug-likeness (QED) is 0.282. The van der Waals surface area contributed by atoms with Crippen LogP contribution in [0.5, 0.6) is 0 Å². The van der Waals surface area contributed by atoms with Crippen molar-refractivity contribution < 1.29 is 22.9 Å². The molecule has 3 aromatic rings. The number of aryl methyl sites for hydroxylation is 1. The van der Waals surface area contributed by atoms with Crippen LogP contribution in [0.15, 0.2) is 83.8 Å². The lowest BCUT2D eigenvalue weighted by Crippen LogP contribution is -2.52. The molecule has 0 radical (unpaired) electrons. The number of nitrogens with one attached hydrogen (secondary N) is 1. The molecule has 0 fully saturated rings. The van der Waals surface area contributed by atoms with Gasteiger partial charge in [-0.25, -0.2) is 8.42 Å². The molecule has 0 aromatic heterocycles. The van der Waals surface area contributed by atoms with Crippen molar-refractivity contribution in [2.45, 2.75) is 51.2 Å². The third kappa shape index (κ3) is 7.41. The standard InChI is InChI=1S/C28H32N4O6S/c1-20(2)29-28(34)22(4)30(18-23-15-13-21(3)14-16-23)27(33)19-31(24-9-8-10-25(17-24)32(35)36)39(37,38)26-11-6-5-7-12-26/h5-17,20,22H,18-19H2,1-4H3,(H,29,34). The zero-order valence-electron chi connectivity index (χ0n) is 22.3. The van der Waals surface area contributed by atoms with E-state index in [0.29, 0.717) is 0 Å². The van der Waals surface area contributed by atoms with Crippen molar-refractivity contribution in [3.8, 4) is 0 Å². The number of nitrogens with zero attached hydrogens (tertiary/aromatic N) is 3. The highest BCUT2D eigenvalue weighted by atomic mass is 32.2. The van der Waals surface area contributed by atoms with Gasteiger partial charge in [0.15, 0.2) is 0 Å². The first-order chi connectivity index (χ1) is 18.4. The maximum atomic E-state index is 13.8. The van der Waals surface area contributed by atoms with Crippen molar-refractivity contribution in [2.75, 3.05) is 10.8 Å². The van der Waals surface area contributed by atoms with Gasteiger partial charge in [0.05, 0.1) is 15.5 Å². The van der Waals surface area contributed by atoms with Gasteiger partial charge in [0, 0.05) is 24.7 Å². The Morgan fingerprint density at radius 3 is 2.18 bits per heavy atom. The number of rotatable bonds is 11. The molecule has 39 heavy (non-hydrogen) atoms. The van der Waals surface area contributed by atoms with Crippen LogP contribution in [0.2, 0.25) is 0 Å². The molecule has 3 aromatic carbocycles. The minimum Gasteiger partial charge on any atom is -0.352 e. The van der Waals surface area contributed by atoms with Crippen LogP contribution in [0.25, 0.3) is 0 Å². The number of carbonyl (C=O) groups is 2. The molecule has 0 spiro atoms. The van der Waals surface area contributed by atoms with E-state index in [4.69, 9.17) is 0 Å². The first kappa shape index (κ1) is 29.3. The van der Waals surface area contributed by atoms with Gasteiger partial charge in [-0.2, -0.15) is 0 Å². The number of hydrogen-bond acceptors (Lipinski definition) is 6. The molecule has 206 valence electrons. The first-order valence-electron chi connectivity index (χ1n) is 12.4. The van der Waals surface area contributed by atoms with Crippen LogP contribution in [0.1, 0.15) is 31.9 Å². The van der Waals surface area contributed by atoms with Gasteiger partial charge in [0.1, 0.15) is 12.6 Å². The molecule has 0 heterocycles. The molecule has 0 aliphatic carbocycles. The zero-order chi connectivity index (χ0) is 28.7. The van der Waals surface area contributed by atoms with Gasteiger partial charge in [0.25, 0.3) is 15.7 Å². The summed E-state index contributed by atoms with van der Waals surface area (Å²) in [6.45, 7) is 6.48. The molecule has 11 heteroatoms. The maximum Gasteiger partial charge on any atom is 0.271 e. The van der Waals surface area contributed by atoms with E-state index in [9.17, 15) is 28.1 Å². The fourth-order valence-corrected chi connectivity index (χ4v) is 5.32. The lowest BCUT2D eigenvalue weighted by Gasteiger charge is -2.32. The second-order valence-electron chi connectivity index (χ2n) is 9.45. The van der Waals surface area contributed by atoms with Crippen LogP contribution in [0.4, 0.5) is 11.4 Å². The Morgan fingerprint density at radius 2 is 1.59 bits per heavy atom. The Bertz CT molecular complexity index is 1430. The van der Waals surface area contributed by atoms with Gasteiger partial charge >= 0.3 is 0 Å². The molecule has 1 atom stereocenters. The maximum absolute atomic E-state index is 13.8. The summed E-state index contributed by atoms with van der Waals surface area (Å²) >= 11 is 0. The van der Waals surface area contributed by atoms with Gasteiger partial charge in [-0.05, 0) is 51.5 Å². The first-order valence-corrected chi connectivity index (χ1v) is 13.8. The molecule has 0 bridgehead atoms. The fourth-order valence-electron chi connectivity index (χ4n) is 3.89. The molecule has 0 saturated heterocycles. The van der Waals surface area contributed by atoms with E-state index >= 15 is 0 Å². The van der Waals surface area contributed by atoms with Crippen molar-refractivity contribution >= 4 is 33.2 Å². The molecule has 0 aliphatic heterocycles. The fraction of sp³-hybridized carbons (Fsp3) is 0.286. The lowest BCUT2D eigenvalue weighted by molar-refractivity contribution is -0.384. The number of nitro groups is 1. The van der Waals surface area contributed by atoms with Crippen molar-refractivity contribution in [3.63, 3.8) is 0 Å². The Labute approximate surface area is 228 Å². The summed E-state index contributed by atoms with van der Waals surface area (Å²) in [7, 11) is -4.31. The van der Waals surface area contributed by atoms with Gasteiger partial charge in [-0.1, -0.05) is 54.1 Å². The summed E-state index contributed by atoms with van der Waals surface area (Å²) in [6, 6.07) is 18.9. The summed E-state index contributed by atoms with van der Waals surface area (Å²) in [4.78, 5) is 38.8. The van der Waals surface area contributed by atoms with E-state index in [0.717, 1.165) is 21.5 Å². The topological polar surface area (TPSA) is 130 Å². The summed E-state index contributed by atoms with van der Waals surface area (Å²) in [5.41, 5.74) is 1.41. The number of sulfonamides is 1. The van der Waals surface area contributed by atoms with E-state index in [1.807, 2.05) is 31.2 Å². The Balaban J connectivity index is 2.06. The van der Waals surface area contributed by atoms with E-state index in [-0.39, 0.29) is 28.9 Å². The molecule has 1 unspecified atom stereocenters. The average molecular weight is 553 g/mol. The molecular weight excluding hydrogens is 520 g/mol. The number of carbonyl (C=O) groups excluding carboxylic acids is 2. The largest absolute Gasteiger partial charge is 0.352 e. The zero-order valence-corrected chi connectivity index (χ0v) is 23.1. The Hall–Kier alpha value is -4.25. The lowest BCUT2D eigenvalue weighted by atomic mass is 10.1. The van der Waals surface area contributed by atoms with Crippen LogP contribution < -0.4 is 9.62 Å². The van der Waals surface area contributed by atoms with Gasteiger partial charge < -0.3 is 10.2 Å². The Morgan fingerprint density at radius 1 is 0.949 bits per heavy atom. The van der Waals surface area contributed by atoms with Crippen molar-refractivity contribution in [1.29, 1.82) is 0 Å². The van der Waals surface area contributed by atoms with Crippen LogP contribution in [-0.2, 0) is 26.2 Å². The van der Waals surface area contributed by atoms with Crippen LogP contribution in [-0.4, -0.2) is 48.7 Å². The van der Waals surface area contributed by atoms with Gasteiger partial charge in [0.2, 0.25) is 11.8 Å². The van der Waals surface area contributed by atoms with E-state index < -0.39 is 39.3 Å². The molecule has 10 nitrogen and oxygen atoms in total. The summed E-state index contributed by atoms with van der Waals surface area (Å²) in [5.74, 6) is -1.04. The highest BCUT2D eigenvalue weighted by molar-refractivity contribution is 7.92. The van der Waals surface area contributed by atoms with Gasteiger partial charge in [-0.15, -0.1) is 0 Å². The van der Waals surface area contributed by atoms with Crippen LogP contribution >= 0.6 is 0 Å². The molecule has 2 amide bonds. The van der Waals surface area contributed by atoms with Crippen LogP contribution in [0, 0.1) is 17.0 Å². The van der Waals surface area contributed by atoms with E-state index in [2.05, 4.69) is 5.32 Å². The highest BCUT2D eigenvalue weighted by Crippen LogP contribution is 2.27. The van der Waals surface area contributed by atoms with E-state index in [1.165, 1.54) is 35.2 Å². The van der Waals surface area contributed by atoms with E-state index in [1.54, 1.807) is 39.0 Å². The Kier molecular flexibility index (Phi) is 9.42. The number of nitro benzene ring substituents is 1. The average Bonchev–Trinajstić information content (AvgIpc) is 2.91. The number of hydrogen-bond donors (Lipinski definition) is 1. The van der Waals surface area contributed by atoms with Crippen molar-refractivity contribution in [1.82, 2.24) is 10.2 Å². The second kappa shape index (κ2) is 12.5. The molecule has 1 N–H and O–H groups in total. The smallest absolute Gasteiger partial charge is 0.271 e. The van der Waals surface area contributed by atoms with Crippen molar-refractivity contribution in [2.24, 2.45) is 0 Å². The second-order valence-corrected chi connectivity index (χ2v) is 11.3. The third-order valence-corrected chi connectivity index (χ3v) is 7.80. The predicted molar refractivity (Wildman–Crippen MR) is 149 cm³/mol. The third-order valence-electron chi connectivity index (χ3n) is 6.01. The number of non-ortho nitro benzene ring substituents is 1. The number of benzene rings is 3. The SMILES string of the molecule is Cc1ccc(CN(C(=O)CN(c2cccc([N+](=O)[O-])c2)S(=O)(=O)c2ccccc2)C(C)C(=O)NC(C)C)cc1. The summed E-state index contributed by atoms with van der Waals surface area (Å²) in [6.07, 6.45) is 0. The number of amides is 2. The summed E-state index contributed by atoms with van der Waals surface area (Å²) in [5, 5.41) is 14.2. The van der Waals surface area contributed by atoms with Crippen molar-refractivity contribution in [3.05, 3.63) is 100 Å². The molecule has 0 saturated carbocycles. The minimum absolute atomic E-state index is 0.0454. The molecular formula is C28H32N4O6S. The molecule has 3 rings (SSSR count). The predicted octanol–water partition coefficient (Wildman–Crippen LogP) is 4.04. The molecule has 0 aliphatic rings. The monoisotopic (exact) mass is 552 g/mol. The number of anilines is 1. The van der Waals surface area contributed by atoms with Crippen LogP contribution in [0.3, 0.4) is 0 Å². The highest BCUT2D eigenvalue weighted by Gasteiger charge is 2.33. The minimum atomic E-state index is -4.31. The van der Waals surface area contributed by atoms with Gasteiger partial charge in [-0.3, -0.25) is 24.0 Å². The normalized spacial score (nSPS) is 12.0.